The number of hydrogen-bond donors (Lipinski definition) is 18. The summed E-state index contributed by atoms with van der Waals surface area (Å²) in [6.07, 6.45) is -31.5. The molecule has 35 nitrogen and oxygen atoms in total. The predicted molar refractivity (Wildman–Crippen MR) is 262 cm³/mol. The largest absolute Gasteiger partial charge is 0.394 e. The van der Waals surface area contributed by atoms with Gasteiger partial charge in [0.05, 0.1) is 57.8 Å². The molecule has 6 aliphatic heterocycles. The minimum absolute atomic E-state index is 0.459. The molecule has 6 aliphatic rings. The maximum absolute atomic E-state index is 12.2. The van der Waals surface area contributed by atoms with Gasteiger partial charge in [-0.25, -0.2) is 0 Å². The molecule has 6 fully saturated rings. The highest BCUT2D eigenvalue weighted by Gasteiger charge is 2.56. The second kappa shape index (κ2) is 31.6. The normalized spacial score (nSPS) is 45.7. The van der Waals surface area contributed by atoms with Gasteiger partial charge in [0.2, 0.25) is 17.7 Å². The van der Waals surface area contributed by atoms with E-state index >= 15 is 0 Å². The van der Waals surface area contributed by atoms with Crippen molar-refractivity contribution in [1.82, 2.24) is 16.0 Å². The van der Waals surface area contributed by atoms with Gasteiger partial charge in [-0.2, -0.15) is 0 Å². The van der Waals surface area contributed by atoms with Crippen molar-refractivity contribution in [2.24, 2.45) is 17.2 Å². The van der Waals surface area contributed by atoms with E-state index in [0.717, 1.165) is 6.92 Å². The number of aliphatic hydroxyl groups excluding tert-OH is 12. The molecule has 21 N–H and O–H groups in total. The zero-order valence-electron chi connectivity index (χ0n) is 45.6. The van der Waals surface area contributed by atoms with Crippen molar-refractivity contribution in [2.75, 3.05) is 68.1 Å². The predicted octanol–water partition coefficient (Wildman–Crippen LogP) is -12.2. The Kier molecular flexibility index (Phi) is 26.9. The number of nitrogens with one attached hydrogen (secondary N) is 3. The molecular formula is C46H84N6O29. The van der Waals surface area contributed by atoms with Crippen LogP contribution >= 0.6 is 0 Å². The molecule has 0 bridgehead atoms. The maximum atomic E-state index is 12.2. The fraction of sp³-hybridized carbons (Fsp3) is 0.935. The van der Waals surface area contributed by atoms with Crippen LogP contribution in [0.5, 0.6) is 0 Å². The summed E-state index contributed by atoms with van der Waals surface area (Å²) in [6, 6.07) is -7.38. The molecule has 0 aromatic rings. The first-order chi connectivity index (χ1) is 38.4. The first-order valence-corrected chi connectivity index (χ1v) is 25.9. The van der Waals surface area contributed by atoms with Crippen LogP contribution in [0.15, 0.2) is 0 Å². The Morgan fingerprint density at radius 3 is 0.877 bits per heavy atom. The van der Waals surface area contributed by atoms with Crippen molar-refractivity contribution >= 4 is 17.7 Å². The summed E-state index contributed by atoms with van der Waals surface area (Å²) in [6.45, 7) is -0.233. The van der Waals surface area contributed by atoms with Crippen molar-refractivity contribution in [3.8, 4) is 0 Å². The van der Waals surface area contributed by atoms with Crippen molar-refractivity contribution in [3.63, 3.8) is 0 Å². The maximum Gasteiger partial charge on any atom is 0.217 e. The summed E-state index contributed by atoms with van der Waals surface area (Å²) in [4.78, 5) is 35.5. The zero-order valence-corrected chi connectivity index (χ0v) is 45.6. The average molecular weight is 1190 g/mol. The fourth-order valence-electron chi connectivity index (χ4n) is 10.4. The smallest absolute Gasteiger partial charge is 0.217 e. The van der Waals surface area contributed by atoms with Gasteiger partial charge < -0.3 is 161 Å². The molecule has 472 valence electrons. The lowest BCUT2D eigenvalue weighted by atomic mass is 9.93. The van der Waals surface area contributed by atoms with Crippen LogP contribution < -0.4 is 33.2 Å². The van der Waals surface area contributed by atoms with E-state index in [0.29, 0.717) is 0 Å². The molecule has 35 heteroatoms. The van der Waals surface area contributed by atoms with Gasteiger partial charge in [0.25, 0.3) is 0 Å². The standard InChI is InChI=1S/C28H52N4O18.C18H32N2O11/c1-8(37)32-16-20(41)24(49-26-14(30)17(38)21(42-2)9(4-33)45-26)12(7-36)47-28(16)50-23-11(6-35)46-27(15(31)19(23)40)48-22-10(5-34)44-25(43-3)13(29)18(22)39;1-7(23)19-11-14(26)16(10(6-22)29-17(11)28-4)31-18-12(20-8(2)24)13(25)15(27-3)9(5-21)30-18/h9-28,33-36,38-41H,4-7,29-31H2,1-3H3,(H,32,37);9-18,21-22,25-26H,5-6H2,1-4H3,(H,19,23)(H,20,24)/t9-,10?,11-,12?,13-,14?,15?,16-,17?,18-,19?,20-,21+,22?,23+,24?,25+,26?,27?,28-;9-,10?,11-,12?,13?,14+,15+,16?,17+,18?/m00/s1. The number of methoxy groups -OCH3 is 4. The van der Waals surface area contributed by atoms with Crippen LogP contribution in [-0.2, 0) is 80.7 Å². The van der Waals surface area contributed by atoms with Gasteiger partial charge in [-0.05, 0) is 0 Å². The minimum atomic E-state index is -1.71. The van der Waals surface area contributed by atoms with E-state index in [4.69, 9.17) is 83.5 Å². The van der Waals surface area contributed by atoms with Crippen molar-refractivity contribution in [3.05, 3.63) is 0 Å². The minimum Gasteiger partial charge on any atom is -0.394 e. The van der Waals surface area contributed by atoms with E-state index in [-0.39, 0.29) is 0 Å². The highest BCUT2D eigenvalue weighted by atomic mass is 16.8. The van der Waals surface area contributed by atoms with E-state index in [1.54, 1.807) is 0 Å². The molecule has 0 aliphatic carbocycles. The van der Waals surface area contributed by atoms with Crippen molar-refractivity contribution in [1.29, 1.82) is 0 Å². The Bertz CT molecular complexity index is 1930. The van der Waals surface area contributed by atoms with Gasteiger partial charge in [0.1, 0.15) is 128 Å². The van der Waals surface area contributed by atoms with Gasteiger partial charge in [0.15, 0.2) is 37.7 Å². The van der Waals surface area contributed by atoms with Gasteiger partial charge in [-0.3, -0.25) is 14.4 Å². The van der Waals surface area contributed by atoms with Crippen LogP contribution in [0.4, 0.5) is 0 Å². The first kappa shape index (κ1) is 69.0. The molecule has 30 atom stereocenters. The van der Waals surface area contributed by atoms with Crippen LogP contribution in [0.25, 0.3) is 0 Å². The van der Waals surface area contributed by atoms with Crippen LogP contribution in [0, 0.1) is 0 Å². The molecule has 0 saturated carbocycles. The Balaban J connectivity index is 0.000000333. The molecule has 6 saturated heterocycles. The molecule has 15 unspecified atom stereocenters. The quantitative estimate of drug-likeness (QED) is 0.0507. The third-order valence-corrected chi connectivity index (χ3v) is 14.5. The molecule has 6 heterocycles. The Hall–Kier alpha value is -2.75. The summed E-state index contributed by atoms with van der Waals surface area (Å²) in [5.74, 6) is -1.60. The van der Waals surface area contributed by atoms with E-state index < -0.39 is 241 Å². The van der Waals surface area contributed by atoms with Gasteiger partial charge in [-0.1, -0.05) is 0 Å². The highest BCUT2D eigenvalue weighted by molar-refractivity contribution is 5.74. The highest BCUT2D eigenvalue weighted by Crippen LogP contribution is 2.35. The number of carbonyl (C=O) groups is 3. The second-order valence-electron chi connectivity index (χ2n) is 20.0. The number of hydrogen-bond acceptors (Lipinski definition) is 32. The van der Waals surface area contributed by atoms with Crippen molar-refractivity contribution in [2.45, 2.75) is 205 Å². The third kappa shape index (κ3) is 16.0. The molecule has 81 heavy (non-hydrogen) atoms. The number of carbonyl (C=O) groups excluding carboxylic acids is 3. The number of rotatable bonds is 21. The molecule has 0 aromatic heterocycles. The summed E-state index contributed by atoms with van der Waals surface area (Å²) < 4.78 is 78.5. The van der Waals surface area contributed by atoms with E-state index in [1.165, 1.54) is 42.3 Å². The summed E-state index contributed by atoms with van der Waals surface area (Å²) in [5, 5.41) is 133. The van der Waals surface area contributed by atoms with Crippen molar-refractivity contribution < 1.29 is 142 Å². The van der Waals surface area contributed by atoms with Gasteiger partial charge in [0, 0.05) is 49.2 Å². The topological polar surface area (TPSA) is 537 Å². The number of ether oxygens (including phenoxy) is 14. The fourth-order valence-corrected chi connectivity index (χ4v) is 10.4. The zero-order chi connectivity index (χ0) is 60.3. The summed E-state index contributed by atoms with van der Waals surface area (Å²) in [7, 11) is 5.21. The van der Waals surface area contributed by atoms with Crippen LogP contribution in [0.3, 0.4) is 0 Å². The summed E-state index contributed by atoms with van der Waals surface area (Å²) >= 11 is 0. The number of nitrogens with two attached hydrogens (primary N) is 3. The lowest BCUT2D eigenvalue weighted by molar-refractivity contribution is -0.360. The molecule has 3 amide bonds. The van der Waals surface area contributed by atoms with Gasteiger partial charge in [-0.15, -0.1) is 0 Å². The number of amides is 3. The average Bonchev–Trinajstić information content (AvgIpc) is 3.48. The SMILES string of the molecule is CO[C@@H]1OC(CO)C(OC2O[C@@H](CO)[C@@H](OC)C(O)C2NC(C)=O)[C@H](O)[C@@H]1NC(C)=O.CO[C@@H]1OC(CO)C(OC2O[C@@H](CO)[C@@H](O[C@@H]3OC(CO)C(OC4O[C@@H](CO)[C@@H](OC)C(O)C4N)[C@@H](O)[C@@H]3NC(C)=O)C(O)C2N)[C@@H](O)[C@@H]1N. The third-order valence-electron chi connectivity index (χ3n) is 14.5. The molecular weight excluding hydrogens is 1100 g/mol. The molecule has 6 rings (SSSR count). The molecule has 0 spiro atoms. The molecule has 0 aromatic carbocycles. The van der Waals surface area contributed by atoms with E-state index in [1.807, 2.05) is 0 Å². The van der Waals surface area contributed by atoms with Gasteiger partial charge >= 0.3 is 0 Å². The monoisotopic (exact) mass is 1180 g/mol. The Labute approximate surface area is 464 Å². The summed E-state index contributed by atoms with van der Waals surface area (Å²) in [5.41, 5.74) is 18.4. The lowest BCUT2D eigenvalue weighted by Crippen LogP contribution is -2.71. The Morgan fingerprint density at radius 1 is 0.346 bits per heavy atom. The number of aliphatic hydroxyl groups is 12. The second-order valence-corrected chi connectivity index (χ2v) is 20.0. The lowest BCUT2D eigenvalue weighted by Gasteiger charge is -2.50. The Morgan fingerprint density at radius 2 is 0.568 bits per heavy atom. The first-order valence-electron chi connectivity index (χ1n) is 25.9. The molecule has 0 radical (unpaired) electrons. The van der Waals surface area contributed by atoms with E-state index in [2.05, 4.69) is 16.0 Å². The van der Waals surface area contributed by atoms with Crippen LogP contribution in [0.1, 0.15) is 20.8 Å². The van der Waals surface area contributed by atoms with Crippen LogP contribution in [0.2, 0.25) is 0 Å². The van der Waals surface area contributed by atoms with Crippen LogP contribution in [-0.4, -0.2) is 331 Å². The van der Waals surface area contributed by atoms with E-state index in [9.17, 15) is 75.7 Å².